The lowest BCUT2D eigenvalue weighted by Crippen LogP contribution is -2.24. The molecule has 1 heterocycles. The summed E-state index contributed by atoms with van der Waals surface area (Å²) in [6, 6.07) is 10.8. The third-order valence-corrected chi connectivity index (χ3v) is 4.12. The van der Waals surface area contributed by atoms with E-state index in [-0.39, 0.29) is 0 Å². The van der Waals surface area contributed by atoms with Crippen LogP contribution in [0.5, 0.6) is 0 Å². The van der Waals surface area contributed by atoms with Crippen molar-refractivity contribution in [2.75, 3.05) is 13.1 Å². The molecule has 3 heteroatoms. The molecule has 0 fully saturated rings. The number of hydrogen-bond donors (Lipinski definition) is 1. The van der Waals surface area contributed by atoms with Crippen molar-refractivity contribution in [3.63, 3.8) is 0 Å². The molecular weight excluding hydrogens is 324 g/mol. The highest BCUT2D eigenvalue weighted by molar-refractivity contribution is 9.10. The third kappa shape index (κ3) is 4.94. The van der Waals surface area contributed by atoms with Crippen LogP contribution in [0.15, 0.2) is 47.2 Å². The fraction of sp³-hybridized carbons (Fsp3) is 0.389. The molecule has 0 aliphatic heterocycles. The van der Waals surface area contributed by atoms with Gasteiger partial charge in [-0.05, 0) is 65.0 Å². The number of benzene rings is 1. The average Bonchev–Trinajstić information content (AvgIpc) is 2.47. The normalized spacial score (nSPS) is 12.3. The van der Waals surface area contributed by atoms with Crippen LogP contribution in [0.25, 0.3) is 0 Å². The maximum atomic E-state index is 4.28. The van der Waals surface area contributed by atoms with Crippen LogP contribution in [0.4, 0.5) is 0 Å². The van der Waals surface area contributed by atoms with E-state index in [9.17, 15) is 0 Å². The Hall–Kier alpha value is -1.19. The molecule has 0 radical (unpaired) electrons. The maximum Gasteiger partial charge on any atom is 0.0410 e. The Morgan fingerprint density at radius 1 is 1.24 bits per heavy atom. The molecule has 0 aliphatic carbocycles. The molecule has 0 aliphatic rings. The van der Waals surface area contributed by atoms with E-state index in [4.69, 9.17) is 0 Å². The van der Waals surface area contributed by atoms with Crippen LogP contribution in [-0.2, 0) is 6.42 Å². The zero-order valence-electron chi connectivity index (χ0n) is 12.8. The summed E-state index contributed by atoms with van der Waals surface area (Å²) in [6.45, 7) is 6.47. The van der Waals surface area contributed by atoms with Gasteiger partial charge in [-0.1, -0.05) is 31.2 Å². The molecule has 2 rings (SSSR count). The van der Waals surface area contributed by atoms with Crippen LogP contribution >= 0.6 is 15.9 Å². The first-order valence-electron chi connectivity index (χ1n) is 7.56. The van der Waals surface area contributed by atoms with Crippen LogP contribution < -0.4 is 5.32 Å². The summed E-state index contributed by atoms with van der Waals surface area (Å²) in [5.41, 5.74) is 4.07. The largest absolute Gasteiger partial charge is 0.316 e. The Morgan fingerprint density at radius 3 is 2.76 bits per heavy atom. The van der Waals surface area contributed by atoms with E-state index in [1.807, 2.05) is 12.4 Å². The molecule has 2 nitrogen and oxygen atoms in total. The van der Waals surface area contributed by atoms with Gasteiger partial charge in [0.25, 0.3) is 0 Å². The predicted octanol–water partition coefficient (Wildman–Crippen LogP) is 4.48. The van der Waals surface area contributed by atoms with E-state index >= 15 is 0 Å². The monoisotopic (exact) mass is 346 g/mol. The Labute approximate surface area is 136 Å². The summed E-state index contributed by atoms with van der Waals surface area (Å²) < 4.78 is 1.05. The summed E-state index contributed by atoms with van der Waals surface area (Å²) in [4.78, 5) is 4.28. The van der Waals surface area contributed by atoms with Gasteiger partial charge >= 0.3 is 0 Å². The molecule has 2 aromatic rings. The van der Waals surface area contributed by atoms with Crippen molar-refractivity contribution in [3.8, 4) is 0 Å². The standard InChI is InChI=1S/C18H23BrN2/c1-3-8-20-12-16(18-7-5-4-6-14(18)2)9-15-10-17(19)13-21-11-15/h4-7,10-11,13,16,20H,3,8-9,12H2,1-2H3. The van der Waals surface area contributed by atoms with Gasteiger partial charge in [0.2, 0.25) is 0 Å². The number of aryl methyl sites for hydroxylation is 1. The lowest BCUT2D eigenvalue weighted by Gasteiger charge is -2.20. The highest BCUT2D eigenvalue weighted by Crippen LogP contribution is 2.24. The zero-order chi connectivity index (χ0) is 15.1. The van der Waals surface area contributed by atoms with E-state index in [0.717, 1.165) is 24.0 Å². The number of aromatic nitrogens is 1. The summed E-state index contributed by atoms with van der Waals surface area (Å²) in [5.74, 6) is 0.480. The molecule has 0 amide bonds. The predicted molar refractivity (Wildman–Crippen MR) is 92.7 cm³/mol. The van der Waals surface area contributed by atoms with Gasteiger partial charge in [-0.3, -0.25) is 4.98 Å². The van der Waals surface area contributed by atoms with Gasteiger partial charge in [0.15, 0.2) is 0 Å². The second-order valence-electron chi connectivity index (χ2n) is 5.47. The second kappa shape index (κ2) is 8.30. The van der Waals surface area contributed by atoms with E-state index in [2.05, 4.69) is 70.4 Å². The van der Waals surface area contributed by atoms with Gasteiger partial charge in [0.1, 0.15) is 0 Å². The molecule has 112 valence electrons. The molecule has 1 unspecified atom stereocenters. The van der Waals surface area contributed by atoms with E-state index in [1.54, 1.807) is 0 Å². The molecule has 0 saturated heterocycles. The zero-order valence-corrected chi connectivity index (χ0v) is 14.4. The van der Waals surface area contributed by atoms with Crippen LogP contribution in [0.1, 0.15) is 36.0 Å². The SMILES string of the molecule is CCCNCC(Cc1cncc(Br)c1)c1ccccc1C. The van der Waals surface area contributed by atoms with E-state index in [1.165, 1.54) is 23.1 Å². The van der Waals surface area contributed by atoms with E-state index < -0.39 is 0 Å². The first-order chi connectivity index (χ1) is 10.2. The van der Waals surface area contributed by atoms with Crippen LogP contribution in [0.3, 0.4) is 0 Å². The van der Waals surface area contributed by atoms with Crippen LogP contribution in [0, 0.1) is 6.92 Å². The van der Waals surface area contributed by atoms with Gasteiger partial charge in [0.05, 0.1) is 0 Å². The molecule has 1 N–H and O–H groups in total. The molecule has 0 saturated carbocycles. The van der Waals surface area contributed by atoms with Crippen molar-refractivity contribution in [3.05, 3.63) is 63.9 Å². The van der Waals surface area contributed by atoms with Gasteiger partial charge in [-0.2, -0.15) is 0 Å². The van der Waals surface area contributed by atoms with Crippen molar-refractivity contribution in [2.45, 2.75) is 32.6 Å². The molecule has 1 aromatic heterocycles. The summed E-state index contributed by atoms with van der Waals surface area (Å²) in [7, 11) is 0. The van der Waals surface area contributed by atoms with Crippen LogP contribution in [0.2, 0.25) is 0 Å². The van der Waals surface area contributed by atoms with Gasteiger partial charge in [0, 0.05) is 29.3 Å². The fourth-order valence-electron chi connectivity index (χ4n) is 2.64. The number of rotatable bonds is 7. The first kappa shape index (κ1) is 16.2. The average molecular weight is 347 g/mol. The Kier molecular flexibility index (Phi) is 6.40. The minimum Gasteiger partial charge on any atom is -0.316 e. The second-order valence-corrected chi connectivity index (χ2v) is 6.39. The number of hydrogen-bond acceptors (Lipinski definition) is 2. The molecule has 1 aromatic carbocycles. The van der Waals surface area contributed by atoms with Crippen molar-refractivity contribution in [1.29, 1.82) is 0 Å². The highest BCUT2D eigenvalue weighted by atomic mass is 79.9. The topological polar surface area (TPSA) is 24.9 Å². The Balaban J connectivity index is 2.17. The number of nitrogens with one attached hydrogen (secondary N) is 1. The number of pyridine rings is 1. The quantitative estimate of drug-likeness (QED) is 0.747. The van der Waals surface area contributed by atoms with Crippen molar-refractivity contribution in [1.82, 2.24) is 10.3 Å². The molecule has 21 heavy (non-hydrogen) atoms. The first-order valence-corrected chi connectivity index (χ1v) is 8.35. The Morgan fingerprint density at radius 2 is 2.05 bits per heavy atom. The molecule has 1 atom stereocenters. The minimum absolute atomic E-state index is 0.480. The van der Waals surface area contributed by atoms with Gasteiger partial charge < -0.3 is 5.32 Å². The van der Waals surface area contributed by atoms with Gasteiger partial charge in [-0.25, -0.2) is 0 Å². The van der Waals surface area contributed by atoms with Crippen molar-refractivity contribution < 1.29 is 0 Å². The molecule has 0 bridgehead atoms. The number of halogens is 1. The summed E-state index contributed by atoms with van der Waals surface area (Å²) in [5, 5.41) is 3.56. The lowest BCUT2D eigenvalue weighted by atomic mass is 9.89. The highest BCUT2D eigenvalue weighted by Gasteiger charge is 2.14. The molecular formula is C18H23BrN2. The van der Waals surface area contributed by atoms with Gasteiger partial charge in [-0.15, -0.1) is 0 Å². The van der Waals surface area contributed by atoms with Crippen molar-refractivity contribution in [2.24, 2.45) is 0 Å². The third-order valence-electron chi connectivity index (χ3n) is 3.69. The minimum atomic E-state index is 0.480. The van der Waals surface area contributed by atoms with Crippen molar-refractivity contribution >= 4 is 15.9 Å². The number of nitrogens with zero attached hydrogens (tertiary/aromatic N) is 1. The maximum absolute atomic E-state index is 4.28. The lowest BCUT2D eigenvalue weighted by molar-refractivity contribution is 0.574. The fourth-order valence-corrected chi connectivity index (χ4v) is 3.05. The summed E-state index contributed by atoms with van der Waals surface area (Å²) >= 11 is 3.51. The smallest absolute Gasteiger partial charge is 0.0410 e. The Bertz CT molecular complexity index is 569. The summed E-state index contributed by atoms with van der Waals surface area (Å²) in [6.07, 6.45) is 5.98. The van der Waals surface area contributed by atoms with Crippen LogP contribution in [-0.4, -0.2) is 18.1 Å². The van der Waals surface area contributed by atoms with E-state index in [0.29, 0.717) is 5.92 Å². The molecule has 0 spiro atoms.